The van der Waals surface area contributed by atoms with Crippen molar-refractivity contribution in [2.24, 2.45) is 5.92 Å². The molecule has 0 radical (unpaired) electrons. The highest BCUT2D eigenvalue weighted by atomic mass is 31.2. The Labute approximate surface area is 177 Å². The third-order valence-electron chi connectivity index (χ3n) is 6.17. The highest BCUT2D eigenvalue weighted by Crippen LogP contribution is 2.50. The summed E-state index contributed by atoms with van der Waals surface area (Å²) >= 11 is 0. The molecule has 0 aromatic heterocycles. The molecule has 0 spiro atoms. The van der Waals surface area contributed by atoms with Crippen LogP contribution >= 0.6 is 7.60 Å². The molecule has 1 aliphatic carbocycles. The summed E-state index contributed by atoms with van der Waals surface area (Å²) in [6, 6.07) is 8.77. The van der Waals surface area contributed by atoms with Crippen molar-refractivity contribution < 1.29 is 28.3 Å². The highest BCUT2D eigenvalue weighted by molar-refractivity contribution is 7.53. The number of hydrogen-bond donors (Lipinski definition) is 2. The molecule has 3 rings (SSSR count). The average molecular weight is 438 g/mol. The Morgan fingerprint density at radius 1 is 1.17 bits per heavy atom. The zero-order valence-electron chi connectivity index (χ0n) is 17.6. The first kappa shape index (κ1) is 22.9. The molecular weight excluding hydrogens is 407 g/mol. The number of aliphatic hydroxyl groups excluding tert-OH is 1. The summed E-state index contributed by atoms with van der Waals surface area (Å²) in [6.07, 6.45) is 2.47. The first-order valence-corrected chi connectivity index (χ1v) is 12.1. The smallest absolute Gasteiger partial charge is 0.332 e. The molecular formula is C21H31N2O6P. The van der Waals surface area contributed by atoms with Crippen molar-refractivity contribution in [3.8, 4) is 0 Å². The topological polar surface area (TPSA) is 105 Å². The maximum atomic E-state index is 13.4. The van der Waals surface area contributed by atoms with Crippen LogP contribution in [0.4, 0.5) is 0 Å². The molecule has 1 unspecified atom stereocenters. The van der Waals surface area contributed by atoms with E-state index in [0.717, 1.165) is 19.3 Å². The Hall–Kier alpha value is -1.73. The van der Waals surface area contributed by atoms with Crippen LogP contribution in [-0.2, 0) is 18.4 Å². The number of rotatable bonds is 8. The number of likely N-dealkylation sites (tertiary alicyclic amines) is 1. The monoisotopic (exact) mass is 438 g/mol. The molecule has 2 amide bonds. The fraction of sp³-hybridized carbons (Fsp3) is 0.619. The molecule has 1 atom stereocenters. The lowest BCUT2D eigenvalue weighted by Gasteiger charge is -2.50. The Kier molecular flexibility index (Phi) is 7.34. The van der Waals surface area contributed by atoms with Crippen LogP contribution in [0.1, 0.15) is 42.5 Å². The molecule has 8 nitrogen and oxygen atoms in total. The minimum Gasteiger partial charge on any atom is -0.392 e. The number of nitrogens with one attached hydrogen (secondary N) is 1. The van der Waals surface area contributed by atoms with Crippen LogP contribution < -0.4 is 5.32 Å². The van der Waals surface area contributed by atoms with Gasteiger partial charge < -0.3 is 24.4 Å². The number of nitrogens with zero attached hydrogens (tertiary/aromatic N) is 1. The molecule has 2 N–H and O–H groups in total. The van der Waals surface area contributed by atoms with E-state index in [1.165, 1.54) is 14.2 Å². The fourth-order valence-corrected chi connectivity index (χ4v) is 5.52. The van der Waals surface area contributed by atoms with E-state index in [2.05, 4.69) is 5.32 Å². The second-order valence-electron chi connectivity index (χ2n) is 8.15. The molecule has 1 saturated heterocycles. The highest BCUT2D eigenvalue weighted by Gasteiger charge is 2.55. The number of hydrogen-bond acceptors (Lipinski definition) is 6. The van der Waals surface area contributed by atoms with E-state index in [0.29, 0.717) is 18.7 Å². The van der Waals surface area contributed by atoms with Gasteiger partial charge in [-0.05, 0) is 50.2 Å². The first-order valence-electron chi connectivity index (χ1n) is 10.4. The minimum atomic E-state index is -3.37. The van der Waals surface area contributed by atoms with E-state index < -0.39 is 19.2 Å². The van der Waals surface area contributed by atoms with Gasteiger partial charge in [-0.1, -0.05) is 18.2 Å². The van der Waals surface area contributed by atoms with Gasteiger partial charge in [0.2, 0.25) is 5.91 Å². The van der Waals surface area contributed by atoms with Crippen LogP contribution in [0, 0.1) is 5.92 Å². The zero-order valence-corrected chi connectivity index (χ0v) is 18.5. The third-order valence-corrected chi connectivity index (χ3v) is 8.11. The average Bonchev–Trinajstić information content (AvgIpc) is 2.76. The standard InChI is InChI=1S/C21H31N2O6P/c1-28-30(27,29-2)15-18(24)17-13-21(14-17,20(26)23-11-7-4-8-12-23)22-19(25)16-9-5-3-6-10-16/h3,5-6,9-10,17-18,24H,4,7-8,11-15H2,1-2H3,(H,22,25). The van der Waals surface area contributed by atoms with Gasteiger partial charge in [0.25, 0.3) is 5.91 Å². The van der Waals surface area contributed by atoms with E-state index in [9.17, 15) is 19.3 Å². The molecule has 1 aromatic carbocycles. The van der Waals surface area contributed by atoms with Gasteiger partial charge >= 0.3 is 7.60 Å². The van der Waals surface area contributed by atoms with Crippen LogP contribution in [0.15, 0.2) is 30.3 Å². The van der Waals surface area contributed by atoms with Crippen LogP contribution in [0.25, 0.3) is 0 Å². The van der Waals surface area contributed by atoms with Gasteiger partial charge in [-0.3, -0.25) is 14.2 Å². The SMILES string of the molecule is COP(=O)(CC(O)C1CC(NC(=O)c2ccccc2)(C(=O)N2CCCCC2)C1)OC. The number of carbonyl (C=O) groups is 2. The van der Waals surface area contributed by atoms with Gasteiger partial charge in [-0.25, -0.2) is 0 Å². The maximum absolute atomic E-state index is 13.4. The lowest BCUT2D eigenvalue weighted by Crippen LogP contribution is -2.68. The molecule has 30 heavy (non-hydrogen) atoms. The molecule has 0 bridgehead atoms. The van der Waals surface area contributed by atoms with Crippen LogP contribution in [0.2, 0.25) is 0 Å². The Bertz CT molecular complexity index is 782. The second kappa shape index (κ2) is 9.60. The van der Waals surface area contributed by atoms with Gasteiger partial charge in [0.15, 0.2) is 0 Å². The lowest BCUT2D eigenvalue weighted by molar-refractivity contribution is -0.147. The molecule has 2 aliphatic rings. The first-order chi connectivity index (χ1) is 14.3. The lowest BCUT2D eigenvalue weighted by atomic mass is 9.65. The van der Waals surface area contributed by atoms with Gasteiger partial charge in [0, 0.05) is 32.9 Å². The Morgan fingerprint density at radius 2 is 1.77 bits per heavy atom. The van der Waals surface area contributed by atoms with E-state index in [-0.39, 0.29) is 36.7 Å². The van der Waals surface area contributed by atoms with Gasteiger partial charge in [-0.2, -0.15) is 0 Å². The largest absolute Gasteiger partial charge is 0.392 e. The van der Waals surface area contributed by atoms with E-state index in [1.54, 1.807) is 24.3 Å². The molecule has 1 aliphatic heterocycles. The molecule has 166 valence electrons. The van der Waals surface area contributed by atoms with Crippen molar-refractivity contribution in [1.29, 1.82) is 0 Å². The van der Waals surface area contributed by atoms with E-state index >= 15 is 0 Å². The number of carbonyl (C=O) groups excluding carboxylic acids is 2. The Balaban J connectivity index is 1.74. The molecule has 9 heteroatoms. The summed E-state index contributed by atoms with van der Waals surface area (Å²) < 4.78 is 22.2. The zero-order chi connectivity index (χ0) is 21.8. The van der Waals surface area contributed by atoms with Crippen molar-refractivity contribution in [1.82, 2.24) is 10.2 Å². The van der Waals surface area contributed by atoms with Crippen molar-refractivity contribution in [3.63, 3.8) is 0 Å². The number of amides is 2. The fourth-order valence-electron chi connectivity index (χ4n) is 4.32. The molecule has 1 heterocycles. The summed E-state index contributed by atoms with van der Waals surface area (Å²) in [5.41, 5.74) is -0.573. The number of piperidine rings is 1. The Morgan fingerprint density at radius 3 is 2.33 bits per heavy atom. The summed E-state index contributed by atoms with van der Waals surface area (Å²) in [5.74, 6) is -0.696. The summed E-state index contributed by atoms with van der Waals surface area (Å²) in [5, 5.41) is 13.5. The maximum Gasteiger partial charge on any atom is 0.332 e. The van der Waals surface area contributed by atoms with Crippen molar-refractivity contribution in [2.75, 3.05) is 33.5 Å². The molecule has 1 aromatic rings. The van der Waals surface area contributed by atoms with Gasteiger partial charge in [0.05, 0.1) is 12.3 Å². The van der Waals surface area contributed by atoms with Crippen molar-refractivity contribution >= 4 is 19.4 Å². The van der Waals surface area contributed by atoms with E-state index in [4.69, 9.17) is 9.05 Å². The van der Waals surface area contributed by atoms with Crippen molar-refractivity contribution in [2.45, 2.75) is 43.7 Å². The predicted octanol–water partition coefficient (Wildman–Crippen LogP) is 2.42. The minimum absolute atomic E-state index is 0.100. The molecule has 2 fully saturated rings. The number of aliphatic hydroxyl groups is 1. The summed E-state index contributed by atoms with van der Waals surface area (Å²) in [6.45, 7) is 1.36. The summed E-state index contributed by atoms with van der Waals surface area (Å²) in [7, 11) is -0.811. The van der Waals surface area contributed by atoms with E-state index in [1.807, 2.05) is 11.0 Å². The second-order valence-corrected chi connectivity index (χ2v) is 10.5. The van der Waals surface area contributed by atoms with Crippen LogP contribution in [0.5, 0.6) is 0 Å². The van der Waals surface area contributed by atoms with Crippen LogP contribution in [0.3, 0.4) is 0 Å². The van der Waals surface area contributed by atoms with Crippen LogP contribution in [-0.4, -0.2) is 66.9 Å². The number of benzene rings is 1. The van der Waals surface area contributed by atoms with Gasteiger partial charge in [0.1, 0.15) is 5.54 Å². The third kappa shape index (κ3) is 4.94. The molecule has 1 saturated carbocycles. The quantitative estimate of drug-likeness (QED) is 0.604. The van der Waals surface area contributed by atoms with Gasteiger partial charge in [-0.15, -0.1) is 0 Å². The predicted molar refractivity (Wildman–Crippen MR) is 112 cm³/mol. The normalized spacial score (nSPS) is 25.3. The summed E-state index contributed by atoms with van der Waals surface area (Å²) in [4.78, 5) is 28.0. The van der Waals surface area contributed by atoms with Crippen molar-refractivity contribution in [3.05, 3.63) is 35.9 Å².